The monoisotopic (exact) mass is 308 g/mol. The van der Waals surface area contributed by atoms with Crippen LogP contribution in [0.2, 0.25) is 0 Å². The number of hydrogen-bond acceptors (Lipinski definition) is 3. The summed E-state index contributed by atoms with van der Waals surface area (Å²) in [7, 11) is 0. The minimum Gasteiger partial charge on any atom is -0.319 e. The van der Waals surface area contributed by atoms with E-state index in [-0.39, 0.29) is 6.04 Å². The highest BCUT2D eigenvalue weighted by Gasteiger charge is 2.15. The molecule has 18 heavy (non-hydrogen) atoms. The first-order valence-electron chi connectivity index (χ1n) is 6.03. The Morgan fingerprint density at radius 3 is 2.89 bits per heavy atom. The van der Waals surface area contributed by atoms with Crippen molar-refractivity contribution in [3.63, 3.8) is 0 Å². The molecule has 0 aliphatic carbocycles. The summed E-state index contributed by atoms with van der Waals surface area (Å²) in [5, 5.41) is 8.02. The summed E-state index contributed by atoms with van der Waals surface area (Å²) in [6.07, 6.45) is 2.76. The second-order valence-electron chi connectivity index (χ2n) is 4.37. The third-order valence-electron chi connectivity index (χ3n) is 2.96. The first-order chi connectivity index (χ1) is 8.63. The molecular formula is C13H17BrN4. The van der Waals surface area contributed by atoms with Crippen molar-refractivity contribution in [3.05, 3.63) is 45.7 Å². The van der Waals surface area contributed by atoms with Gasteiger partial charge in [-0.25, -0.2) is 4.68 Å². The molecule has 1 aromatic heterocycles. The molecule has 0 aliphatic heterocycles. The van der Waals surface area contributed by atoms with Gasteiger partial charge in [0.25, 0.3) is 0 Å². The SMILES string of the molecule is CCCn1nncc1C(N)c1ccc(C)c(Br)c1. The van der Waals surface area contributed by atoms with E-state index < -0.39 is 0 Å². The molecule has 0 amide bonds. The van der Waals surface area contributed by atoms with Crippen LogP contribution < -0.4 is 5.73 Å². The largest absolute Gasteiger partial charge is 0.319 e. The normalized spacial score (nSPS) is 12.7. The van der Waals surface area contributed by atoms with Gasteiger partial charge in [-0.05, 0) is 30.5 Å². The summed E-state index contributed by atoms with van der Waals surface area (Å²) in [6, 6.07) is 5.98. The first kappa shape index (κ1) is 13.2. The lowest BCUT2D eigenvalue weighted by Crippen LogP contribution is -2.17. The van der Waals surface area contributed by atoms with E-state index in [1.54, 1.807) is 6.20 Å². The van der Waals surface area contributed by atoms with E-state index in [2.05, 4.69) is 52.2 Å². The standard InChI is InChI=1S/C13H17BrN4/c1-3-6-18-12(8-16-17-18)13(15)10-5-4-9(2)11(14)7-10/h4-5,7-8,13H,3,6,15H2,1-2H3. The fraction of sp³-hybridized carbons (Fsp3) is 0.385. The predicted octanol–water partition coefficient (Wildman–Crippen LogP) is 2.81. The summed E-state index contributed by atoms with van der Waals surface area (Å²) in [6.45, 7) is 5.01. The molecule has 1 heterocycles. The molecule has 0 saturated carbocycles. The van der Waals surface area contributed by atoms with E-state index >= 15 is 0 Å². The second kappa shape index (κ2) is 5.63. The molecule has 0 spiro atoms. The smallest absolute Gasteiger partial charge is 0.0799 e. The molecule has 96 valence electrons. The highest BCUT2D eigenvalue weighted by Crippen LogP contribution is 2.24. The van der Waals surface area contributed by atoms with Gasteiger partial charge in [0.15, 0.2) is 0 Å². The molecule has 1 unspecified atom stereocenters. The zero-order valence-corrected chi connectivity index (χ0v) is 12.2. The highest BCUT2D eigenvalue weighted by molar-refractivity contribution is 9.10. The quantitative estimate of drug-likeness (QED) is 0.945. The van der Waals surface area contributed by atoms with Crippen LogP contribution in [0.5, 0.6) is 0 Å². The lowest BCUT2D eigenvalue weighted by Gasteiger charge is -2.14. The summed E-state index contributed by atoms with van der Waals surface area (Å²) < 4.78 is 2.95. The van der Waals surface area contributed by atoms with Crippen molar-refractivity contribution in [2.24, 2.45) is 5.73 Å². The van der Waals surface area contributed by atoms with Crippen molar-refractivity contribution in [2.75, 3.05) is 0 Å². The van der Waals surface area contributed by atoms with Crippen LogP contribution >= 0.6 is 15.9 Å². The Morgan fingerprint density at radius 1 is 1.44 bits per heavy atom. The van der Waals surface area contributed by atoms with Crippen molar-refractivity contribution < 1.29 is 0 Å². The highest BCUT2D eigenvalue weighted by atomic mass is 79.9. The van der Waals surface area contributed by atoms with Crippen molar-refractivity contribution in [1.82, 2.24) is 15.0 Å². The van der Waals surface area contributed by atoms with Gasteiger partial charge in [-0.1, -0.05) is 40.2 Å². The molecule has 0 bridgehead atoms. The van der Waals surface area contributed by atoms with Gasteiger partial charge in [-0.2, -0.15) is 0 Å². The molecular weight excluding hydrogens is 292 g/mol. The average molecular weight is 309 g/mol. The first-order valence-corrected chi connectivity index (χ1v) is 6.82. The van der Waals surface area contributed by atoms with E-state index in [1.807, 2.05) is 10.7 Å². The van der Waals surface area contributed by atoms with E-state index in [0.29, 0.717) is 0 Å². The van der Waals surface area contributed by atoms with Crippen molar-refractivity contribution in [2.45, 2.75) is 32.9 Å². The minimum atomic E-state index is -0.191. The lowest BCUT2D eigenvalue weighted by molar-refractivity contribution is 0.543. The molecule has 0 aliphatic rings. The van der Waals surface area contributed by atoms with Gasteiger partial charge in [0.1, 0.15) is 0 Å². The maximum absolute atomic E-state index is 6.29. The Bertz CT molecular complexity index is 536. The number of hydrogen-bond donors (Lipinski definition) is 1. The van der Waals surface area contributed by atoms with Gasteiger partial charge in [-0.15, -0.1) is 5.10 Å². The van der Waals surface area contributed by atoms with Gasteiger partial charge in [0.2, 0.25) is 0 Å². The number of aryl methyl sites for hydroxylation is 2. The van der Waals surface area contributed by atoms with E-state index in [4.69, 9.17) is 5.73 Å². The number of aromatic nitrogens is 3. The van der Waals surface area contributed by atoms with Gasteiger partial charge >= 0.3 is 0 Å². The Hall–Kier alpha value is -1.20. The maximum Gasteiger partial charge on any atom is 0.0799 e. The van der Waals surface area contributed by atoms with Crippen molar-refractivity contribution in [3.8, 4) is 0 Å². The Kier molecular flexibility index (Phi) is 4.14. The average Bonchev–Trinajstić information content (AvgIpc) is 2.80. The topological polar surface area (TPSA) is 56.7 Å². The van der Waals surface area contributed by atoms with Crippen LogP contribution in [0.4, 0.5) is 0 Å². The number of benzene rings is 1. The third-order valence-corrected chi connectivity index (χ3v) is 3.81. The van der Waals surface area contributed by atoms with E-state index in [9.17, 15) is 0 Å². The Morgan fingerprint density at radius 2 is 2.22 bits per heavy atom. The number of halogens is 1. The van der Waals surface area contributed by atoms with Gasteiger partial charge < -0.3 is 5.73 Å². The number of rotatable bonds is 4. The molecule has 2 aromatic rings. The summed E-state index contributed by atoms with van der Waals surface area (Å²) in [5.74, 6) is 0. The fourth-order valence-electron chi connectivity index (χ4n) is 1.87. The Balaban J connectivity index is 2.32. The minimum absolute atomic E-state index is 0.191. The molecule has 0 fully saturated rings. The molecule has 1 aromatic carbocycles. The van der Waals surface area contributed by atoms with Gasteiger partial charge in [0, 0.05) is 11.0 Å². The van der Waals surface area contributed by atoms with Crippen LogP contribution in [0.1, 0.15) is 36.2 Å². The Labute approximate surface area is 115 Å². The van der Waals surface area contributed by atoms with Crippen LogP contribution in [-0.2, 0) is 6.54 Å². The third kappa shape index (κ3) is 2.62. The zero-order chi connectivity index (χ0) is 13.1. The molecule has 1 atom stereocenters. The van der Waals surface area contributed by atoms with Gasteiger partial charge in [0.05, 0.1) is 17.9 Å². The molecule has 4 nitrogen and oxygen atoms in total. The number of nitrogens with two attached hydrogens (primary N) is 1. The molecule has 2 N–H and O–H groups in total. The zero-order valence-electron chi connectivity index (χ0n) is 10.6. The van der Waals surface area contributed by atoms with Crippen LogP contribution in [0.15, 0.2) is 28.9 Å². The van der Waals surface area contributed by atoms with Crippen molar-refractivity contribution >= 4 is 15.9 Å². The molecule has 0 saturated heterocycles. The lowest BCUT2D eigenvalue weighted by atomic mass is 10.0. The molecule has 5 heteroatoms. The van der Waals surface area contributed by atoms with Gasteiger partial charge in [-0.3, -0.25) is 0 Å². The van der Waals surface area contributed by atoms with E-state index in [0.717, 1.165) is 28.7 Å². The van der Waals surface area contributed by atoms with Crippen molar-refractivity contribution in [1.29, 1.82) is 0 Å². The second-order valence-corrected chi connectivity index (χ2v) is 5.22. The predicted molar refractivity (Wildman–Crippen MR) is 75.2 cm³/mol. The van der Waals surface area contributed by atoms with Crippen LogP contribution in [0.25, 0.3) is 0 Å². The van der Waals surface area contributed by atoms with E-state index in [1.165, 1.54) is 5.56 Å². The van der Waals surface area contributed by atoms with Crippen LogP contribution in [-0.4, -0.2) is 15.0 Å². The van der Waals surface area contributed by atoms with Crippen LogP contribution in [0, 0.1) is 6.92 Å². The summed E-state index contributed by atoms with van der Waals surface area (Å²) in [4.78, 5) is 0. The molecule has 2 rings (SSSR count). The summed E-state index contributed by atoms with van der Waals surface area (Å²) in [5.41, 5.74) is 9.50. The fourth-order valence-corrected chi connectivity index (χ4v) is 2.26. The molecule has 0 radical (unpaired) electrons. The maximum atomic E-state index is 6.29. The van der Waals surface area contributed by atoms with Crippen LogP contribution in [0.3, 0.4) is 0 Å². The number of nitrogens with zero attached hydrogens (tertiary/aromatic N) is 3. The summed E-state index contributed by atoms with van der Waals surface area (Å²) >= 11 is 3.53.